The summed E-state index contributed by atoms with van der Waals surface area (Å²) in [6, 6.07) is 8.81. The number of nitrogens with one attached hydrogen (secondary N) is 2. The summed E-state index contributed by atoms with van der Waals surface area (Å²) in [7, 11) is 1.58. The van der Waals surface area contributed by atoms with Gasteiger partial charge in [-0.3, -0.25) is 19.9 Å². The molecule has 2 amide bonds. The first-order chi connectivity index (χ1) is 14.5. The van der Waals surface area contributed by atoms with Gasteiger partial charge in [-0.25, -0.2) is 4.98 Å². The van der Waals surface area contributed by atoms with Crippen molar-refractivity contribution in [3.8, 4) is 5.75 Å². The van der Waals surface area contributed by atoms with Crippen molar-refractivity contribution in [2.45, 2.75) is 13.3 Å². The van der Waals surface area contributed by atoms with Gasteiger partial charge in [0.1, 0.15) is 17.0 Å². The van der Waals surface area contributed by atoms with E-state index in [1.165, 1.54) is 17.6 Å². The zero-order valence-electron chi connectivity index (χ0n) is 16.3. The van der Waals surface area contributed by atoms with Gasteiger partial charge in [0.05, 0.1) is 36.7 Å². The molecule has 0 unspecified atom stereocenters. The largest absolute Gasteiger partial charge is 0.494 e. The first-order valence-corrected chi connectivity index (χ1v) is 9.94. The Kier molecular flexibility index (Phi) is 5.44. The Balaban J connectivity index is 1.44. The number of furan rings is 1. The average molecular weight is 422 g/mol. The van der Waals surface area contributed by atoms with Crippen LogP contribution in [0.2, 0.25) is 0 Å². The van der Waals surface area contributed by atoms with Crippen LogP contribution in [-0.4, -0.2) is 28.9 Å². The normalized spacial score (nSPS) is 10.7. The number of thiazole rings is 1. The first-order valence-electron chi connectivity index (χ1n) is 9.06. The first kappa shape index (κ1) is 19.6. The molecule has 9 heteroatoms. The highest BCUT2D eigenvalue weighted by atomic mass is 32.1. The van der Waals surface area contributed by atoms with Gasteiger partial charge in [-0.2, -0.15) is 0 Å². The van der Waals surface area contributed by atoms with Crippen LogP contribution in [0, 0.1) is 6.92 Å². The van der Waals surface area contributed by atoms with Crippen molar-refractivity contribution < 1.29 is 18.7 Å². The number of fused-ring (bicyclic) bond motifs is 1. The van der Waals surface area contributed by atoms with E-state index in [9.17, 15) is 9.59 Å². The minimum absolute atomic E-state index is 0.0743. The molecule has 0 fully saturated rings. The van der Waals surface area contributed by atoms with Crippen LogP contribution in [0.1, 0.15) is 21.8 Å². The van der Waals surface area contributed by atoms with Gasteiger partial charge in [0, 0.05) is 17.0 Å². The van der Waals surface area contributed by atoms with Crippen molar-refractivity contribution in [1.29, 1.82) is 0 Å². The third-order valence-electron chi connectivity index (χ3n) is 4.44. The third kappa shape index (κ3) is 4.01. The van der Waals surface area contributed by atoms with Crippen LogP contribution in [0.4, 0.5) is 10.8 Å². The number of nitrogens with zero attached hydrogens (tertiary/aromatic N) is 2. The number of carbonyl (C=O) groups excluding carboxylic acids is 2. The number of aryl methyl sites for hydroxylation is 1. The number of ether oxygens (including phenoxy) is 1. The van der Waals surface area contributed by atoms with E-state index in [0.29, 0.717) is 39.1 Å². The van der Waals surface area contributed by atoms with Crippen molar-refractivity contribution in [2.24, 2.45) is 0 Å². The van der Waals surface area contributed by atoms with Gasteiger partial charge in [0.25, 0.3) is 5.91 Å². The fourth-order valence-corrected chi connectivity index (χ4v) is 3.72. The maximum atomic E-state index is 12.5. The van der Waals surface area contributed by atoms with Gasteiger partial charge >= 0.3 is 0 Å². The van der Waals surface area contributed by atoms with E-state index >= 15 is 0 Å². The van der Waals surface area contributed by atoms with Gasteiger partial charge in [0.2, 0.25) is 5.91 Å². The molecule has 8 nitrogen and oxygen atoms in total. The van der Waals surface area contributed by atoms with Gasteiger partial charge in [-0.05, 0) is 37.3 Å². The van der Waals surface area contributed by atoms with Crippen molar-refractivity contribution in [3.05, 3.63) is 65.2 Å². The summed E-state index contributed by atoms with van der Waals surface area (Å²) >= 11 is 1.26. The predicted octanol–water partition coefficient (Wildman–Crippen LogP) is 4.03. The lowest BCUT2D eigenvalue weighted by molar-refractivity contribution is -0.115. The fourth-order valence-electron chi connectivity index (χ4n) is 3.01. The number of methoxy groups -OCH3 is 1. The molecule has 0 bridgehead atoms. The molecular formula is C21H18N4O4S. The van der Waals surface area contributed by atoms with Gasteiger partial charge < -0.3 is 14.5 Å². The van der Waals surface area contributed by atoms with E-state index in [1.54, 1.807) is 49.9 Å². The van der Waals surface area contributed by atoms with Gasteiger partial charge in [-0.1, -0.05) is 0 Å². The van der Waals surface area contributed by atoms with E-state index in [1.807, 2.05) is 6.07 Å². The topological polar surface area (TPSA) is 106 Å². The van der Waals surface area contributed by atoms with Gasteiger partial charge in [0.15, 0.2) is 5.13 Å². The number of benzene rings is 1. The number of hydrogen-bond donors (Lipinski definition) is 2. The number of aromatic nitrogens is 2. The molecule has 3 heterocycles. The average Bonchev–Trinajstić information content (AvgIpc) is 3.36. The Morgan fingerprint density at radius 1 is 1.20 bits per heavy atom. The zero-order valence-corrected chi connectivity index (χ0v) is 17.1. The van der Waals surface area contributed by atoms with Crippen LogP contribution in [-0.2, 0) is 11.2 Å². The molecule has 0 radical (unpaired) electrons. The number of carbonyl (C=O) groups is 2. The van der Waals surface area contributed by atoms with Crippen LogP contribution in [0.5, 0.6) is 5.75 Å². The lowest BCUT2D eigenvalue weighted by Gasteiger charge is -2.10. The molecule has 0 aliphatic heterocycles. The van der Waals surface area contributed by atoms with E-state index in [4.69, 9.17) is 9.15 Å². The number of pyridine rings is 1. The quantitative estimate of drug-likeness (QED) is 0.486. The number of rotatable bonds is 6. The highest BCUT2D eigenvalue weighted by molar-refractivity contribution is 7.14. The summed E-state index contributed by atoms with van der Waals surface area (Å²) in [5.74, 6) is 0.643. The van der Waals surface area contributed by atoms with Crippen LogP contribution in [0.15, 0.2) is 52.6 Å². The van der Waals surface area contributed by atoms with Crippen molar-refractivity contribution in [3.63, 3.8) is 0 Å². The molecule has 0 aliphatic rings. The molecule has 152 valence electrons. The molecular weight excluding hydrogens is 404 g/mol. The summed E-state index contributed by atoms with van der Waals surface area (Å²) in [4.78, 5) is 33.4. The summed E-state index contributed by atoms with van der Waals surface area (Å²) in [6.07, 6.45) is 3.21. The highest BCUT2D eigenvalue weighted by Crippen LogP contribution is 2.29. The monoisotopic (exact) mass is 422 g/mol. The van der Waals surface area contributed by atoms with Crippen molar-refractivity contribution in [1.82, 2.24) is 9.97 Å². The predicted molar refractivity (Wildman–Crippen MR) is 114 cm³/mol. The smallest absolute Gasteiger partial charge is 0.260 e. The molecule has 0 aliphatic carbocycles. The molecule has 0 saturated heterocycles. The molecule has 30 heavy (non-hydrogen) atoms. The molecule has 0 saturated carbocycles. The van der Waals surface area contributed by atoms with Crippen LogP contribution >= 0.6 is 11.3 Å². The molecule has 3 aromatic heterocycles. The maximum Gasteiger partial charge on any atom is 0.260 e. The second kappa shape index (κ2) is 8.34. The highest BCUT2D eigenvalue weighted by Gasteiger charge is 2.15. The molecule has 0 spiro atoms. The van der Waals surface area contributed by atoms with Crippen LogP contribution < -0.4 is 15.4 Å². The fraction of sp³-hybridized carbons (Fsp3) is 0.143. The third-order valence-corrected chi connectivity index (χ3v) is 5.25. The maximum absolute atomic E-state index is 12.5. The van der Waals surface area contributed by atoms with E-state index < -0.39 is 0 Å². The Morgan fingerprint density at radius 3 is 2.83 bits per heavy atom. The molecule has 1 aromatic carbocycles. The minimum atomic E-state index is -0.302. The number of anilines is 2. The van der Waals surface area contributed by atoms with Crippen molar-refractivity contribution >= 4 is 44.9 Å². The Bertz CT molecular complexity index is 1230. The Labute approximate surface area is 175 Å². The number of hydrogen-bond acceptors (Lipinski definition) is 7. The van der Waals surface area contributed by atoms with E-state index in [0.717, 1.165) is 5.39 Å². The van der Waals surface area contributed by atoms with Crippen molar-refractivity contribution in [2.75, 3.05) is 17.7 Å². The minimum Gasteiger partial charge on any atom is -0.494 e. The summed E-state index contributed by atoms with van der Waals surface area (Å²) in [5, 5.41) is 8.56. The standard InChI is InChI=1S/C21H18N4O4S/c1-12-14(7-9-29-12)20(27)25-21-23-13(11-30-21)10-18(26)24-16-5-6-17(28-2)19-15(16)4-3-8-22-19/h3-9,11H,10H2,1-2H3,(H,24,26)(H,23,25,27). The Hall–Kier alpha value is -3.72. The lowest BCUT2D eigenvalue weighted by Crippen LogP contribution is -2.15. The second-order valence-corrected chi connectivity index (χ2v) is 7.29. The summed E-state index contributed by atoms with van der Waals surface area (Å²) in [6.45, 7) is 1.71. The molecule has 0 atom stereocenters. The van der Waals surface area contributed by atoms with Crippen LogP contribution in [0.3, 0.4) is 0 Å². The van der Waals surface area contributed by atoms with E-state index in [2.05, 4.69) is 20.6 Å². The number of amides is 2. The van der Waals surface area contributed by atoms with E-state index in [-0.39, 0.29) is 18.2 Å². The lowest BCUT2D eigenvalue weighted by atomic mass is 10.1. The molecule has 4 rings (SSSR count). The molecule has 4 aromatic rings. The summed E-state index contributed by atoms with van der Waals surface area (Å²) < 4.78 is 10.5. The SMILES string of the molecule is COc1ccc(NC(=O)Cc2csc(NC(=O)c3ccoc3C)n2)c2cccnc12. The Morgan fingerprint density at radius 2 is 2.07 bits per heavy atom. The zero-order chi connectivity index (χ0) is 21.1. The summed E-state index contributed by atoms with van der Waals surface area (Å²) in [5.41, 5.74) is 2.33. The van der Waals surface area contributed by atoms with Crippen LogP contribution in [0.25, 0.3) is 10.9 Å². The second-order valence-electron chi connectivity index (χ2n) is 6.43. The van der Waals surface area contributed by atoms with Gasteiger partial charge in [-0.15, -0.1) is 11.3 Å². The molecule has 2 N–H and O–H groups in total.